The molecule has 0 aliphatic carbocycles. The first-order valence-corrected chi connectivity index (χ1v) is 50.9. The second-order valence-electron chi connectivity index (χ2n) is 35.2. The van der Waals surface area contributed by atoms with Crippen molar-refractivity contribution in [3.63, 3.8) is 0 Å². The number of urea groups is 3. The van der Waals surface area contributed by atoms with Crippen LogP contribution in [0.15, 0.2) is 91.0 Å². The van der Waals surface area contributed by atoms with Gasteiger partial charge in [-0.25, -0.2) is 14.4 Å². The molecule has 2 saturated heterocycles. The molecule has 14 unspecified atom stereocenters. The Labute approximate surface area is 867 Å². The van der Waals surface area contributed by atoms with Crippen molar-refractivity contribution in [2.45, 2.75) is 233 Å². The molecule has 2 heterocycles. The number of amides is 20. The largest absolute Gasteiger partial charge is 0.508 e. The van der Waals surface area contributed by atoms with Crippen LogP contribution in [0.4, 0.5) is 14.4 Å². The van der Waals surface area contributed by atoms with Crippen molar-refractivity contribution >= 4 is 163 Å². The van der Waals surface area contributed by atoms with Crippen LogP contribution in [0.3, 0.4) is 0 Å². The highest BCUT2D eigenvalue weighted by Crippen LogP contribution is 2.27. The van der Waals surface area contributed by atoms with Gasteiger partial charge in [0.2, 0.25) is 82.7 Å². The number of aromatic hydroxyl groups is 2. The Hall–Kier alpha value is -15.7. The van der Waals surface area contributed by atoms with Crippen LogP contribution in [0, 0.1) is 21.6 Å². The molecule has 55 nitrogen and oxygen atoms in total. The molecule has 0 aromatic heterocycles. The number of guanidine groups is 4. The Balaban J connectivity index is 0.00000957. The SMILES string of the molecule is CC(=O)O.N=C(N)NCCCC(N)C(=O)NC(CCCNC(=N)N)C(=O)NC(Cc1ccc2ccccc2c1)C(=O)NC1CSSCC(C(=O)NC(CCCNC(=N)N)C(N)=O)NC(=O)C(CCCNC(N)=O)NC(=O)C(CCCNC(=N)N)NC(=O)C(Cc2ccc(O)cc2)NC(=O)C2CCCN2C(=O)C(CCCNC(N)=O)NC(=O)C(CCCCN)NC(=O)C(CCCNC(N)=O)NC(=O)C(Cc2ccc(O)cc2)NC1=O. The van der Waals surface area contributed by atoms with Crippen LogP contribution >= 0.6 is 21.6 Å². The molecule has 0 radical (unpaired) electrons. The van der Waals surface area contributed by atoms with Gasteiger partial charge in [-0.1, -0.05) is 88.3 Å². The summed E-state index contributed by atoms with van der Waals surface area (Å²) < 4.78 is 0. The summed E-state index contributed by atoms with van der Waals surface area (Å²) in [5.41, 5.74) is 57.9. The van der Waals surface area contributed by atoms with Gasteiger partial charge in [0.15, 0.2) is 23.8 Å². The van der Waals surface area contributed by atoms with Crippen LogP contribution in [0.1, 0.15) is 146 Å². The monoisotopic (exact) mass is 2130 g/mol. The molecule has 6 rings (SSSR count). The highest BCUT2D eigenvalue weighted by Gasteiger charge is 2.43. The standard InChI is InChI=1S/C90H140N34O19S2.C2H4O2/c91-34-4-3-16-58-74(131)118-63(22-11-41-111-90(104)143)83(140)124-42-12-23-69(124)82(139)121-65(45-50-27-32-55(126)33-28-50)78(135)117-60(19-8-38-108-87(100)101)73(130)115-62(21-10-40-110-89(103)142)76(133)122-67(80(137)112-57(70(93)127)17-6-36-106-85(96)97)47-144-145-48-68(81(138)120-64(44-49-25-30-54(125)31-26-49)77(134)116-61(72(129)114-58)20-9-39-109-88(102)141)123-79(136)66(46-51-24-29-52-13-1-2-14-53(52)43-51)119-75(132)59(18-7-37-107-86(98)99)113-71(128)56(92)15-5-35-105-84(94)95;1-2(3)4/h1-2,13-14,24-33,43,56-69,125-126H,3-12,15-23,34-42,44-48,91-92H2,(H2,93,127)(H,112,137)(H,113,128)(H,114,129)(H,115,130)(H,116,134)(H,117,135)(H,118,131)(H,119,132)(H,120,138)(H,121,139)(H,122,133)(H,123,136)(H4,94,95,105)(H4,96,97,106)(H4,98,99,107)(H4,100,101,108)(H3,102,109,141)(H3,103,110,142)(H3,104,111,143);1H3,(H,3,4). The van der Waals surface area contributed by atoms with Gasteiger partial charge >= 0.3 is 18.1 Å². The zero-order valence-corrected chi connectivity index (χ0v) is 84.4. The van der Waals surface area contributed by atoms with Gasteiger partial charge in [0.1, 0.15) is 90.0 Å². The summed E-state index contributed by atoms with van der Waals surface area (Å²) in [5.74, 6) is -18.7. The van der Waals surface area contributed by atoms with E-state index in [9.17, 15) is 34.2 Å². The van der Waals surface area contributed by atoms with E-state index in [1.807, 2.05) is 6.07 Å². The Morgan fingerprint density at radius 2 is 0.799 bits per heavy atom. The van der Waals surface area contributed by atoms with Gasteiger partial charge in [0, 0.05) is 90.0 Å². The molecule has 0 bridgehead atoms. The average Bonchev–Trinajstić information content (AvgIpc) is 1.45. The van der Waals surface area contributed by atoms with Crippen LogP contribution in [0.2, 0.25) is 0 Å². The number of carbonyl (C=O) groups excluding carboxylic acids is 17. The number of carboxylic acid groups (broad SMARTS) is 1. The number of carboxylic acids is 1. The number of phenolic OH excluding ortho intramolecular Hbond substituents is 2. The highest BCUT2D eigenvalue weighted by atomic mass is 33.1. The van der Waals surface area contributed by atoms with Gasteiger partial charge < -0.3 is 179 Å². The van der Waals surface area contributed by atoms with E-state index in [-0.39, 0.29) is 210 Å². The molecule has 2 fully saturated rings. The normalized spacial score (nSPS) is 19.7. The van der Waals surface area contributed by atoms with Crippen LogP contribution in [-0.4, -0.2) is 306 Å². The van der Waals surface area contributed by atoms with Gasteiger partial charge in [-0.15, -0.1) is 0 Å². The fourth-order valence-electron chi connectivity index (χ4n) is 15.5. The maximum Gasteiger partial charge on any atom is 0.312 e. The first kappa shape index (κ1) is 124. The van der Waals surface area contributed by atoms with Gasteiger partial charge in [0.25, 0.3) is 5.97 Å². The highest BCUT2D eigenvalue weighted by molar-refractivity contribution is 8.76. The molecule has 149 heavy (non-hydrogen) atoms. The third kappa shape index (κ3) is 48.5. The number of benzene rings is 4. The summed E-state index contributed by atoms with van der Waals surface area (Å²) in [7, 11) is 1.48. The van der Waals surface area contributed by atoms with E-state index in [2.05, 4.69) is 101 Å². The molecule has 0 spiro atoms. The average molecular weight is 2130 g/mol. The number of carbonyl (C=O) groups is 18. The summed E-state index contributed by atoms with van der Waals surface area (Å²) in [6.07, 6.45) is -2.65. The van der Waals surface area contributed by atoms with Crippen LogP contribution in [0.25, 0.3) is 10.8 Å². The lowest BCUT2D eigenvalue weighted by Crippen LogP contribution is -2.61. The zero-order valence-electron chi connectivity index (χ0n) is 82.8. The van der Waals surface area contributed by atoms with Gasteiger partial charge in [0.05, 0.1) is 6.04 Å². The molecule has 0 saturated carbocycles. The second kappa shape index (κ2) is 66.4. The fourth-order valence-corrected chi connectivity index (χ4v) is 17.9. The number of nitrogens with two attached hydrogens (primary N) is 10. The van der Waals surface area contributed by atoms with Crippen LogP contribution in [-0.2, 0) is 91.2 Å². The molecule has 2 aliphatic heterocycles. The van der Waals surface area contributed by atoms with E-state index in [0.717, 1.165) is 38.8 Å². The smallest absolute Gasteiger partial charge is 0.312 e. The number of fused-ring (bicyclic) bond motifs is 2. The summed E-state index contributed by atoms with van der Waals surface area (Å²) in [6, 6.07) is -2.89. The van der Waals surface area contributed by atoms with Crippen molar-refractivity contribution in [2.75, 3.05) is 70.4 Å². The van der Waals surface area contributed by atoms with E-state index >= 15 is 57.5 Å². The quantitative estimate of drug-likeness (QED) is 0.00846. The molecule has 2 aliphatic rings. The molecule has 4 aromatic rings. The van der Waals surface area contributed by atoms with E-state index in [4.69, 9.17) is 88.9 Å². The van der Waals surface area contributed by atoms with Crippen molar-refractivity contribution in [3.05, 3.63) is 108 Å². The third-order valence-corrected chi connectivity index (χ3v) is 25.6. The third-order valence-electron chi connectivity index (χ3n) is 23.2. The lowest BCUT2D eigenvalue weighted by Gasteiger charge is -2.31. The molecule has 57 heteroatoms. The summed E-state index contributed by atoms with van der Waals surface area (Å²) in [4.78, 5) is 259. The number of unbranched alkanes of at least 4 members (excludes halogenated alkanes) is 1. The first-order chi connectivity index (χ1) is 70.8. The Morgan fingerprint density at radius 3 is 1.26 bits per heavy atom. The van der Waals surface area contributed by atoms with Crippen molar-refractivity contribution in [2.24, 2.45) is 57.3 Å². The van der Waals surface area contributed by atoms with E-state index in [0.29, 0.717) is 16.5 Å². The number of hydrogen-bond acceptors (Lipinski definition) is 28. The molecule has 820 valence electrons. The minimum atomic E-state index is -1.92. The molecule has 14 atom stereocenters. The van der Waals surface area contributed by atoms with E-state index < -0.39 is 234 Å². The number of nitrogens with zero attached hydrogens (tertiary/aromatic N) is 1. The lowest BCUT2D eigenvalue weighted by molar-refractivity contribution is -0.142. The van der Waals surface area contributed by atoms with Gasteiger partial charge in [-0.2, -0.15) is 0 Å². The zero-order chi connectivity index (χ0) is 110. The number of nitrogens with one attached hydrogen (secondary N) is 23. The summed E-state index contributed by atoms with van der Waals surface area (Å²) in [6.45, 7) is 0.495. The predicted octanol–water partition coefficient (Wildman–Crippen LogP) is -7.09. The second-order valence-corrected chi connectivity index (χ2v) is 37.7. The van der Waals surface area contributed by atoms with Crippen molar-refractivity contribution < 1.29 is 102 Å². The first-order valence-electron chi connectivity index (χ1n) is 48.4. The Kier molecular flexibility index (Phi) is 55.2. The number of rotatable bonds is 47. The Bertz CT molecular complexity index is 5210. The lowest BCUT2D eigenvalue weighted by atomic mass is 10.00. The number of phenols is 2. The number of primary amides is 4. The van der Waals surface area contributed by atoms with Gasteiger partial charge in [-0.05, 0) is 180 Å². The Morgan fingerprint density at radius 1 is 0.416 bits per heavy atom. The van der Waals surface area contributed by atoms with E-state index in [1.54, 1.807) is 36.4 Å². The summed E-state index contributed by atoms with van der Waals surface area (Å²) in [5, 5.41) is 111. The minimum Gasteiger partial charge on any atom is -0.508 e. The summed E-state index contributed by atoms with van der Waals surface area (Å²) >= 11 is 0. The number of hydrogen-bond donors (Lipinski definition) is 36. The topological polar surface area (TPSA) is 955 Å². The van der Waals surface area contributed by atoms with Crippen LogP contribution < -0.4 is 158 Å². The number of aliphatic carboxylic acids is 1. The maximum atomic E-state index is 16.0. The predicted molar refractivity (Wildman–Crippen MR) is 555 cm³/mol. The van der Waals surface area contributed by atoms with Crippen molar-refractivity contribution in [1.82, 2.24) is 106 Å². The van der Waals surface area contributed by atoms with Crippen molar-refractivity contribution in [3.8, 4) is 11.5 Å². The van der Waals surface area contributed by atoms with E-state index in [1.165, 1.54) is 48.5 Å². The van der Waals surface area contributed by atoms with Crippen LogP contribution in [0.5, 0.6) is 11.5 Å². The van der Waals surface area contributed by atoms with Crippen molar-refractivity contribution in [1.29, 1.82) is 21.6 Å². The molecular weight excluding hydrogens is 1980 g/mol. The molecule has 4 aromatic carbocycles. The molecule has 46 N–H and O–H groups in total. The fraction of sp³-hybridized carbons (Fsp3) is 0.522. The molecular formula is C92H144N34O21S2. The van der Waals surface area contributed by atoms with Gasteiger partial charge in [-0.3, -0.25) is 93.6 Å². The maximum absolute atomic E-state index is 16.0. The molecule has 20 amide bonds. The minimum absolute atomic E-state index is 0.00412.